The second-order valence-corrected chi connectivity index (χ2v) is 7.91. The largest absolute Gasteiger partial charge is 0.399 e. The minimum Gasteiger partial charge on any atom is -0.346 e. The van der Waals surface area contributed by atoms with Gasteiger partial charge in [-0.3, -0.25) is 14.8 Å². The van der Waals surface area contributed by atoms with Gasteiger partial charge < -0.3 is 5.32 Å². The van der Waals surface area contributed by atoms with E-state index in [1.807, 2.05) is 0 Å². The van der Waals surface area contributed by atoms with Crippen LogP contribution in [0.2, 0.25) is 10.0 Å². The first-order chi connectivity index (χ1) is 15.1. The Bertz CT molecular complexity index is 1110. The minimum atomic E-state index is -4.53. The Balaban J connectivity index is 1.77. The van der Waals surface area contributed by atoms with Crippen LogP contribution < -0.4 is 5.32 Å². The van der Waals surface area contributed by atoms with Gasteiger partial charge in [-0.15, -0.1) is 0 Å². The molecule has 2 aromatic carbocycles. The summed E-state index contributed by atoms with van der Waals surface area (Å²) in [5.74, 6) is -2.20. The number of carbonyl (C=O) groups is 1. The second-order valence-electron chi connectivity index (χ2n) is 7.03. The van der Waals surface area contributed by atoms with Crippen LogP contribution in [0.3, 0.4) is 0 Å². The lowest BCUT2D eigenvalue weighted by Gasteiger charge is -2.18. The van der Waals surface area contributed by atoms with Gasteiger partial charge in [-0.2, -0.15) is 13.2 Å². The van der Waals surface area contributed by atoms with Crippen LogP contribution >= 0.6 is 23.2 Å². The lowest BCUT2D eigenvalue weighted by atomic mass is 9.96. The van der Waals surface area contributed by atoms with Crippen LogP contribution in [-0.4, -0.2) is 22.1 Å². The molecule has 0 aliphatic carbocycles. The zero-order valence-corrected chi connectivity index (χ0v) is 18.3. The number of aryl methyl sites for hydroxylation is 1. The maximum atomic E-state index is 13.6. The Morgan fingerprint density at radius 3 is 2.44 bits per heavy atom. The molecule has 166 valence electrons. The third-order valence-electron chi connectivity index (χ3n) is 4.62. The lowest BCUT2D eigenvalue weighted by Crippen LogP contribution is -2.24. The smallest absolute Gasteiger partial charge is 0.346 e. The van der Waals surface area contributed by atoms with Gasteiger partial charge in [0.2, 0.25) is 0 Å². The molecule has 1 aromatic heterocycles. The third-order valence-corrected chi connectivity index (χ3v) is 5.06. The van der Waals surface area contributed by atoms with E-state index in [9.17, 15) is 18.0 Å². The molecule has 0 bridgehead atoms. The van der Waals surface area contributed by atoms with Crippen molar-refractivity contribution in [1.29, 1.82) is 0 Å². The molecule has 4 nitrogen and oxygen atoms in total. The molecular formula is C23H18Cl2F3N3O. The van der Waals surface area contributed by atoms with Crippen LogP contribution in [0.1, 0.15) is 38.7 Å². The number of alkyl halides is 3. The highest BCUT2D eigenvalue weighted by atomic mass is 35.5. The summed E-state index contributed by atoms with van der Waals surface area (Å²) in [6.45, 7) is 1.93. The number of nitrogens with zero attached hydrogens (tertiary/aromatic N) is 2. The first-order valence-electron chi connectivity index (χ1n) is 9.48. The van der Waals surface area contributed by atoms with E-state index in [-0.39, 0.29) is 28.1 Å². The Hall–Kier alpha value is -2.90. The van der Waals surface area contributed by atoms with Crippen LogP contribution in [0.5, 0.6) is 0 Å². The van der Waals surface area contributed by atoms with Crippen molar-refractivity contribution in [2.45, 2.75) is 25.6 Å². The highest BCUT2D eigenvalue weighted by molar-refractivity contribution is 6.34. The molecule has 0 spiro atoms. The summed E-state index contributed by atoms with van der Waals surface area (Å²) >= 11 is 11.7. The van der Waals surface area contributed by atoms with E-state index in [0.29, 0.717) is 22.4 Å². The normalized spacial score (nSPS) is 12.7. The first-order valence-corrected chi connectivity index (χ1v) is 10.2. The average Bonchev–Trinajstić information content (AvgIpc) is 2.71. The number of nitrogens with one attached hydrogen (secondary N) is 1. The summed E-state index contributed by atoms with van der Waals surface area (Å²) in [5, 5.41) is 3.00. The van der Waals surface area contributed by atoms with Crippen molar-refractivity contribution in [3.63, 3.8) is 0 Å². The van der Waals surface area contributed by atoms with Crippen LogP contribution in [0, 0.1) is 6.92 Å². The molecule has 0 saturated carbocycles. The molecule has 9 heteroatoms. The first kappa shape index (κ1) is 23.8. The highest BCUT2D eigenvalue weighted by Crippen LogP contribution is 2.38. The van der Waals surface area contributed by atoms with Crippen molar-refractivity contribution in [2.24, 2.45) is 0 Å². The predicted molar refractivity (Wildman–Crippen MR) is 119 cm³/mol. The molecule has 3 aromatic rings. The summed E-state index contributed by atoms with van der Waals surface area (Å²) in [6.07, 6.45) is 2.49. The van der Waals surface area contributed by atoms with E-state index in [0.717, 1.165) is 6.08 Å². The minimum absolute atomic E-state index is 0.0528. The van der Waals surface area contributed by atoms with Crippen LogP contribution in [0.4, 0.5) is 13.2 Å². The van der Waals surface area contributed by atoms with Crippen molar-refractivity contribution in [3.8, 4) is 0 Å². The Kier molecular flexibility index (Phi) is 7.53. The van der Waals surface area contributed by atoms with Gasteiger partial charge in [0.15, 0.2) is 0 Å². The Morgan fingerprint density at radius 2 is 1.84 bits per heavy atom. The average molecular weight is 480 g/mol. The molecule has 0 aliphatic rings. The van der Waals surface area contributed by atoms with E-state index in [1.165, 1.54) is 36.7 Å². The van der Waals surface area contributed by atoms with Crippen molar-refractivity contribution < 1.29 is 18.0 Å². The molecule has 32 heavy (non-hydrogen) atoms. The van der Waals surface area contributed by atoms with E-state index in [4.69, 9.17) is 23.2 Å². The summed E-state index contributed by atoms with van der Waals surface area (Å²) < 4.78 is 40.9. The molecule has 0 saturated heterocycles. The number of halogens is 5. The molecular weight excluding hydrogens is 462 g/mol. The van der Waals surface area contributed by atoms with Gasteiger partial charge >= 0.3 is 6.18 Å². The molecule has 1 N–H and O–H groups in total. The van der Waals surface area contributed by atoms with Crippen molar-refractivity contribution in [3.05, 3.63) is 99.1 Å². The summed E-state index contributed by atoms with van der Waals surface area (Å²) in [5.41, 5.74) is 2.12. The lowest BCUT2D eigenvalue weighted by molar-refractivity contribution is -0.139. The summed E-state index contributed by atoms with van der Waals surface area (Å²) in [7, 11) is 0. The Labute approximate surface area is 193 Å². The van der Waals surface area contributed by atoms with Crippen molar-refractivity contribution in [2.75, 3.05) is 0 Å². The predicted octanol–water partition coefficient (Wildman–Crippen LogP) is 6.38. The second kappa shape index (κ2) is 10.1. The fraction of sp³-hybridized carbons (Fsp3) is 0.174. The van der Waals surface area contributed by atoms with Crippen LogP contribution in [0.15, 0.2) is 61.1 Å². The van der Waals surface area contributed by atoms with Gasteiger partial charge in [-0.05, 0) is 47.9 Å². The molecule has 0 radical (unpaired) electrons. The van der Waals surface area contributed by atoms with Gasteiger partial charge in [0.25, 0.3) is 5.91 Å². The zero-order chi connectivity index (χ0) is 23.3. The van der Waals surface area contributed by atoms with Crippen molar-refractivity contribution >= 4 is 35.2 Å². The number of hydrogen-bond donors (Lipinski definition) is 1. The summed E-state index contributed by atoms with van der Waals surface area (Å²) in [4.78, 5) is 20.5. The zero-order valence-electron chi connectivity index (χ0n) is 16.8. The number of hydrogen-bond acceptors (Lipinski definition) is 3. The SMILES string of the molecule is Cc1cc(C=CC(c2cc(Cl)cc(Cl)c2)C(F)(F)F)ccc1C(=O)NCc1cnccn1. The maximum absolute atomic E-state index is 13.6. The van der Waals surface area contributed by atoms with Gasteiger partial charge in [0.05, 0.1) is 24.4 Å². The van der Waals surface area contributed by atoms with Crippen LogP contribution in [-0.2, 0) is 6.54 Å². The molecule has 1 amide bonds. The fourth-order valence-corrected chi connectivity index (χ4v) is 3.65. The molecule has 1 heterocycles. The van der Waals surface area contributed by atoms with Gasteiger partial charge in [-0.25, -0.2) is 0 Å². The quantitative estimate of drug-likeness (QED) is 0.446. The Morgan fingerprint density at radius 1 is 1.12 bits per heavy atom. The number of amides is 1. The number of carbonyl (C=O) groups excluding carboxylic acids is 1. The monoisotopic (exact) mass is 479 g/mol. The molecule has 1 unspecified atom stereocenters. The van der Waals surface area contributed by atoms with Crippen molar-refractivity contribution in [1.82, 2.24) is 15.3 Å². The number of rotatable bonds is 6. The maximum Gasteiger partial charge on any atom is 0.399 e. The standard InChI is InChI=1S/C23H18Cl2F3N3O/c1-14-8-15(2-4-20(14)22(32)31-13-19-12-29-6-7-30-19)3-5-21(23(26,27)28)16-9-17(24)11-18(25)10-16/h2-12,21H,13H2,1H3,(H,31,32). The molecule has 0 aliphatic heterocycles. The van der Waals surface area contributed by atoms with E-state index in [1.54, 1.807) is 31.3 Å². The van der Waals surface area contributed by atoms with Crippen LogP contribution in [0.25, 0.3) is 6.08 Å². The van der Waals surface area contributed by atoms with Gasteiger partial charge in [-0.1, -0.05) is 47.5 Å². The fourth-order valence-electron chi connectivity index (χ4n) is 3.10. The summed E-state index contributed by atoms with van der Waals surface area (Å²) in [6, 6.07) is 8.66. The molecule has 3 rings (SSSR count). The van der Waals surface area contributed by atoms with Gasteiger partial charge in [0, 0.05) is 28.0 Å². The number of allylic oxidation sites excluding steroid dienone is 1. The molecule has 0 fully saturated rings. The third kappa shape index (κ3) is 6.31. The number of benzene rings is 2. The van der Waals surface area contributed by atoms with E-state index < -0.39 is 12.1 Å². The van der Waals surface area contributed by atoms with E-state index >= 15 is 0 Å². The molecule has 1 atom stereocenters. The number of aromatic nitrogens is 2. The van der Waals surface area contributed by atoms with Gasteiger partial charge in [0.1, 0.15) is 0 Å². The topological polar surface area (TPSA) is 54.9 Å². The highest BCUT2D eigenvalue weighted by Gasteiger charge is 2.39. The van der Waals surface area contributed by atoms with E-state index in [2.05, 4.69) is 15.3 Å².